The van der Waals surface area contributed by atoms with Crippen molar-refractivity contribution in [2.45, 2.75) is 56.1 Å². The number of aliphatic carboxylic acids is 1. The molecular weight excluding hydrogens is 570 g/mol. The molecule has 1 aliphatic rings. The standard InChI is InChI=1S/C31H33N5O6S/c1-36-31(33-34-35-36)43-19-26-16-27(22-10-8-20(18-37)9-11-22)42-30(41-26)25-7-3-6-24(15-25)23-5-2-4-21(14-23)17-32-28(38)12-13-29(39)40/h2-11,14-15,26-27,30,37H,12-13,16-19H2,1H3,(H,32,38)(H,39,40). The van der Waals surface area contributed by atoms with Crippen molar-refractivity contribution in [3.63, 3.8) is 0 Å². The molecule has 3 aromatic carbocycles. The average Bonchev–Trinajstić information content (AvgIpc) is 3.46. The van der Waals surface area contributed by atoms with Crippen LogP contribution in [0.2, 0.25) is 0 Å². The number of thioether (sulfide) groups is 1. The molecule has 11 nitrogen and oxygen atoms in total. The van der Waals surface area contributed by atoms with Crippen molar-refractivity contribution in [1.29, 1.82) is 0 Å². The molecule has 224 valence electrons. The van der Waals surface area contributed by atoms with Gasteiger partial charge in [0.1, 0.15) is 0 Å². The smallest absolute Gasteiger partial charge is 0.303 e. The zero-order chi connectivity index (χ0) is 30.2. The van der Waals surface area contributed by atoms with E-state index in [1.165, 1.54) is 11.8 Å². The summed E-state index contributed by atoms with van der Waals surface area (Å²) in [6.07, 6.45) is -0.578. The number of hydrogen-bond donors (Lipinski definition) is 3. The Hall–Kier alpha value is -4.10. The van der Waals surface area contributed by atoms with E-state index in [0.29, 0.717) is 23.9 Å². The molecule has 0 aliphatic carbocycles. The van der Waals surface area contributed by atoms with Crippen molar-refractivity contribution < 1.29 is 29.3 Å². The normalized spacial score (nSPS) is 18.3. The van der Waals surface area contributed by atoms with E-state index in [2.05, 4.69) is 20.8 Å². The van der Waals surface area contributed by atoms with Crippen LogP contribution in [0.5, 0.6) is 0 Å². The molecular formula is C31H33N5O6S. The van der Waals surface area contributed by atoms with E-state index in [1.54, 1.807) is 11.7 Å². The summed E-state index contributed by atoms with van der Waals surface area (Å²) in [5.74, 6) is -0.661. The summed E-state index contributed by atoms with van der Waals surface area (Å²) in [6, 6.07) is 23.6. The van der Waals surface area contributed by atoms with E-state index in [9.17, 15) is 14.7 Å². The zero-order valence-electron chi connectivity index (χ0n) is 23.6. The number of tetrazole rings is 1. The maximum atomic E-state index is 12.0. The molecule has 2 heterocycles. The summed E-state index contributed by atoms with van der Waals surface area (Å²) < 4.78 is 14.6. The predicted molar refractivity (Wildman–Crippen MR) is 159 cm³/mol. The van der Waals surface area contributed by atoms with Crippen LogP contribution >= 0.6 is 11.8 Å². The van der Waals surface area contributed by atoms with Crippen LogP contribution in [0, 0.1) is 0 Å². The maximum Gasteiger partial charge on any atom is 0.303 e. The van der Waals surface area contributed by atoms with E-state index in [4.69, 9.17) is 14.6 Å². The molecule has 12 heteroatoms. The minimum Gasteiger partial charge on any atom is -0.481 e. The van der Waals surface area contributed by atoms with Gasteiger partial charge in [-0.2, -0.15) is 0 Å². The van der Waals surface area contributed by atoms with Gasteiger partial charge < -0.3 is 25.0 Å². The second kappa shape index (κ2) is 14.4. The molecule has 1 fully saturated rings. The van der Waals surface area contributed by atoms with Gasteiger partial charge >= 0.3 is 5.97 Å². The van der Waals surface area contributed by atoms with E-state index in [-0.39, 0.29) is 37.6 Å². The second-order valence-electron chi connectivity index (χ2n) is 10.2. The van der Waals surface area contributed by atoms with Crippen LogP contribution in [0.4, 0.5) is 0 Å². The van der Waals surface area contributed by atoms with Crippen molar-refractivity contribution in [2.75, 3.05) is 5.75 Å². The molecule has 0 spiro atoms. The number of ether oxygens (including phenoxy) is 2. The number of aliphatic hydroxyl groups excluding tert-OH is 1. The number of carbonyl (C=O) groups is 2. The summed E-state index contributed by atoms with van der Waals surface area (Å²) in [6.45, 7) is 0.283. The lowest BCUT2D eigenvalue weighted by molar-refractivity contribution is -0.245. The van der Waals surface area contributed by atoms with Gasteiger partial charge in [-0.3, -0.25) is 9.59 Å². The SMILES string of the molecule is Cn1nnnc1SCC1CC(c2ccc(CO)cc2)OC(c2cccc(-c3cccc(CNC(=O)CCC(=O)O)c3)c2)O1. The Bertz CT molecular complexity index is 1550. The minimum atomic E-state index is -0.998. The van der Waals surface area contributed by atoms with Gasteiger partial charge in [0.2, 0.25) is 11.1 Å². The lowest BCUT2D eigenvalue weighted by Gasteiger charge is -2.36. The Morgan fingerprint density at radius 1 is 0.977 bits per heavy atom. The fourth-order valence-corrected chi connectivity index (χ4v) is 5.64. The van der Waals surface area contributed by atoms with Gasteiger partial charge in [-0.15, -0.1) is 5.10 Å². The summed E-state index contributed by atoms with van der Waals surface area (Å²) in [4.78, 5) is 22.7. The summed E-state index contributed by atoms with van der Waals surface area (Å²) in [5, 5.41) is 33.5. The fraction of sp³-hybridized carbons (Fsp3) is 0.323. The number of nitrogens with one attached hydrogen (secondary N) is 1. The number of benzene rings is 3. The Morgan fingerprint density at radius 3 is 2.47 bits per heavy atom. The van der Waals surface area contributed by atoms with Gasteiger partial charge in [-0.05, 0) is 50.4 Å². The summed E-state index contributed by atoms with van der Waals surface area (Å²) in [7, 11) is 1.80. The third kappa shape index (κ3) is 8.26. The van der Waals surface area contributed by atoms with Gasteiger partial charge in [-0.25, -0.2) is 4.68 Å². The molecule has 5 rings (SSSR count). The van der Waals surface area contributed by atoms with E-state index >= 15 is 0 Å². The molecule has 0 bridgehead atoms. The van der Waals surface area contributed by atoms with Gasteiger partial charge in [0, 0.05) is 37.8 Å². The van der Waals surface area contributed by atoms with Crippen LogP contribution in [0.25, 0.3) is 11.1 Å². The number of nitrogens with zero attached hydrogens (tertiary/aromatic N) is 4. The Morgan fingerprint density at radius 2 is 1.74 bits per heavy atom. The Kier molecular flexibility index (Phi) is 10.2. The van der Waals surface area contributed by atoms with Crippen molar-refractivity contribution >= 4 is 23.6 Å². The predicted octanol–water partition coefficient (Wildman–Crippen LogP) is 4.19. The fourth-order valence-electron chi connectivity index (χ4n) is 4.77. The molecule has 1 aliphatic heterocycles. The van der Waals surface area contributed by atoms with Crippen molar-refractivity contribution in [2.24, 2.45) is 7.05 Å². The molecule has 3 unspecified atom stereocenters. The molecule has 1 amide bonds. The number of aromatic nitrogens is 4. The number of carbonyl (C=O) groups excluding carboxylic acids is 1. The quantitative estimate of drug-likeness (QED) is 0.201. The first-order valence-corrected chi connectivity index (χ1v) is 14.9. The van der Waals surface area contributed by atoms with E-state index in [1.807, 2.05) is 72.8 Å². The maximum absolute atomic E-state index is 12.0. The highest BCUT2D eigenvalue weighted by atomic mass is 32.2. The molecule has 1 saturated heterocycles. The third-order valence-electron chi connectivity index (χ3n) is 7.07. The average molecular weight is 604 g/mol. The lowest BCUT2D eigenvalue weighted by atomic mass is 9.99. The lowest BCUT2D eigenvalue weighted by Crippen LogP contribution is -2.31. The van der Waals surface area contributed by atoms with E-state index < -0.39 is 12.3 Å². The van der Waals surface area contributed by atoms with Crippen molar-refractivity contribution in [1.82, 2.24) is 25.5 Å². The first kappa shape index (κ1) is 30.4. The van der Waals surface area contributed by atoms with Crippen LogP contribution in [-0.2, 0) is 39.3 Å². The molecule has 0 radical (unpaired) electrons. The van der Waals surface area contributed by atoms with Crippen LogP contribution in [0.1, 0.15) is 53.9 Å². The van der Waals surface area contributed by atoms with E-state index in [0.717, 1.165) is 33.4 Å². The number of carboxylic acid groups (broad SMARTS) is 1. The van der Waals surface area contributed by atoms with Gasteiger partial charge in [0.05, 0.1) is 25.2 Å². The van der Waals surface area contributed by atoms with Gasteiger partial charge in [0.25, 0.3) is 0 Å². The molecule has 1 aromatic heterocycles. The Balaban J connectivity index is 1.33. The van der Waals surface area contributed by atoms with Crippen LogP contribution in [0.3, 0.4) is 0 Å². The highest BCUT2D eigenvalue weighted by molar-refractivity contribution is 7.99. The highest BCUT2D eigenvalue weighted by Gasteiger charge is 2.32. The van der Waals surface area contributed by atoms with Crippen LogP contribution in [0.15, 0.2) is 78.0 Å². The first-order chi connectivity index (χ1) is 20.9. The number of hydrogen-bond acceptors (Lipinski definition) is 9. The number of aryl methyl sites for hydroxylation is 1. The second-order valence-corrected chi connectivity index (χ2v) is 11.2. The molecule has 0 saturated carbocycles. The topological polar surface area (TPSA) is 149 Å². The molecule has 4 aromatic rings. The highest BCUT2D eigenvalue weighted by Crippen LogP contribution is 2.40. The largest absolute Gasteiger partial charge is 0.481 e. The summed E-state index contributed by atoms with van der Waals surface area (Å²) >= 11 is 1.53. The number of amides is 1. The third-order valence-corrected chi connectivity index (χ3v) is 8.21. The number of aliphatic hydroxyl groups is 1. The first-order valence-electron chi connectivity index (χ1n) is 13.9. The minimum absolute atomic E-state index is 0.0202. The van der Waals surface area contributed by atoms with Crippen LogP contribution < -0.4 is 5.32 Å². The van der Waals surface area contributed by atoms with Gasteiger partial charge in [-0.1, -0.05) is 72.4 Å². The van der Waals surface area contributed by atoms with Crippen LogP contribution in [-0.4, -0.2) is 54.2 Å². The summed E-state index contributed by atoms with van der Waals surface area (Å²) in [5.41, 5.74) is 5.55. The number of carboxylic acids is 1. The molecule has 3 atom stereocenters. The Labute approximate surface area is 253 Å². The van der Waals surface area contributed by atoms with Crippen molar-refractivity contribution in [3.05, 3.63) is 95.1 Å². The number of rotatable bonds is 12. The monoisotopic (exact) mass is 603 g/mol. The molecule has 43 heavy (non-hydrogen) atoms. The van der Waals surface area contributed by atoms with Gasteiger partial charge in [0.15, 0.2) is 6.29 Å². The molecule has 3 N–H and O–H groups in total. The van der Waals surface area contributed by atoms with Crippen molar-refractivity contribution in [3.8, 4) is 11.1 Å². The zero-order valence-corrected chi connectivity index (χ0v) is 24.4.